The number of para-hydroxylation sites is 1. The van der Waals surface area contributed by atoms with Crippen molar-refractivity contribution in [2.75, 3.05) is 12.4 Å². The van der Waals surface area contributed by atoms with Crippen LogP contribution in [0.5, 0.6) is 0 Å². The van der Waals surface area contributed by atoms with E-state index in [9.17, 15) is 19.2 Å². The summed E-state index contributed by atoms with van der Waals surface area (Å²) >= 11 is 0. The summed E-state index contributed by atoms with van der Waals surface area (Å²) < 4.78 is 0. The van der Waals surface area contributed by atoms with Crippen molar-refractivity contribution >= 4 is 29.3 Å². The summed E-state index contributed by atoms with van der Waals surface area (Å²) in [7, 11) is 1.87. The summed E-state index contributed by atoms with van der Waals surface area (Å²) in [6, 6.07) is 12.1. The Kier molecular flexibility index (Phi) is 5.33. The van der Waals surface area contributed by atoms with Crippen molar-refractivity contribution in [2.45, 2.75) is 32.0 Å². The van der Waals surface area contributed by atoms with E-state index in [-0.39, 0.29) is 24.3 Å². The van der Waals surface area contributed by atoms with E-state index in [1.807, 2.05) is 31.3 Å². The molecule has 2 aromatic carbocycles. The number of carbonyl (C=O) groups excluding carboxylic acids is 4. The van der Waals surface area contributed by atoms with Gasteiger partial charge in [-0.3, -0.25) is 29.4 Å². The largest absolute Gasteiger partial charge is 0.388 e. The summed E-state index contributed by atoms with van der Waals surface area (Å²) in [5.41, 5.74) is 3.60. The van der Waals surface area contributed by atoms with Gasteiger partial charge >= 0.3 is 0 Å². The molecule has 0 spiro atoms. The van der Waals surface area contributed by atoms with Crippen LogP contribution in [0.3, 0.4) is 0 Å². The molecule has 154 valence electrons. The van der Waals surface area contributed by atoms with E-state index in [0.29, 0.717) is 18.7 Å². The summed E-state index contributed by atoms with van der Waals surface area (Å²) in [6.07, 6.45) is 0.252. The second kappa shape index (κ2) is 8.08. The Hall–Kier alpha value is -3.52. The molecule has 4 amide bonds. The molecule has 0 bridgehead atoms. The topological polar surface area (TPSA) is 108 Å². The molecule has 8 nitrogen and oxygen atoms in total. The van der Waals surface area contributed by atoms with Crippen LogP contribution < -0.4 is 16.0 Å². The Bertz CT molecular complexity index is 1050. The van der Waals surface area contributed by atoms with Crippen LogP contribution in [0.25, 0.3) is 0 Å². The van der Waals surface area contributed by atoms with Crippen molar-refractivity contribution in [1.29, 1.82) is 0 Å². The highest BCUT2D eigenvalue weighted by atomic mass is 16.2. The Morgan fingerprint density at radius 2 is 1.77 bits per heavy atom. The first-order valence-corrected chi connectivity index (χ1v) is 9.80. The lowest BCUT2D eigenvalue weighted by atomic mass is 10.0. The highest BCUT2D eigenvalue weighted by molar-refractivity contribution is 6.23. The van der Waals surface area contributed by atoms with Crippen LogP contribution in [0.2, 0.25) is 0 Å². The van der Waals surface area contributed by atoms with Gasteiger partial charge in [0.1, 0.15) is 6.04 Å². The molecular formula is C22H22N4O4. The molecule has 0 saturated carbocycles. The predicted molar refractivity (Wildman–Crippen MR) is 110 cm³/mol. The van der Waals surface area contributed by atoms with Gasteiger partial charge in [-0.25, -0.2) is 0 Å². The Labute approximate surface area is 173 Å². The zero-order chi connectivity index (χ0) is 21.3. The molecule has 1 fully saturated rings. The molecule has 2 aliphatic rings. The van der Waals surface area contributed by atoms with Crippen LogP contribution in [0.4, 0.5) is 5.69 Å². The lowest BCUT2D eigenvalue weighted by Gasteiger charge is -2.27. The van der Waals surface area contributed by atoms with Gasteiger partial charge in [-0.2, -0.15) is 0 Å². The average Bonchev–Trinajstić information content (AvgIpc) is 2.98. The molecular weight excluding hydrogens is 384 g/mol. The molecule has 0 radical (unpaired) electrons. The zero-order valence-electron chi connectivity index (χ0n) is 16.5. The summed E-state index contributed by atoms with van der Waals surface area (Å²) in [5.74, 6) is -1.98. The molecule has 2 aliphatic heterocycles. The summed E-state index contributed by atoms with van der Waals surface area (Å²) in [5, 5.41) is 8.69. The van der Waals surface area contributed by atoms with Crippen molar-refractivity contribution in [2.24, 2.45) is 0 Å². The van der Waals surface area contributed by atoms with Crippen LogP contribution in [0, 0.1) is 0 Å². The maximum atomic E-state index is 12.9. The number of imide groups is 2. The molecule has 1 unspecified atom stereocenters. The van der Waals surface area contributed by atoms with Gasteiger partial charge in [0.15, 0.2) is 0 Å². The molecule has 0 aromatic heterocycles. The van der Waals surface area contributed by atoms with Crippen molar-refractivity contribution in [3.05, 3.63) is 64.7 Å². The number of nitrogens with zero attached hydrogens (tertiary/aromatic N) is 1. The normalized spacial score (nSPS) is 18.4. The van der Waals surface area contributed by atoms with E-state index >= 15 is 0 Å². The smallest absolute Gasteiger partial charge is 0.262 e. The third-order valence-electron chi connectivity index (χ3n) is 5.44. The number of piperidine rings is 1. The predicted octanol–water partition coefficient (Wildman–Crippen LogP) is 1.42. The van der Waals surface area contributed by atoms with Crippen LogP contribution in [0.1, 0.15) is 44.7 Å². The number of benzene rings is 2. The van der Waals surface area contributed by atoms with Gasteiger partial charge in [0, 0.05) is 32.2 Å². The number of hydrogen-bond acceptors (Lipinski definition) is 6. The first kappa shape index (κ1) is 19.8. The van der Waals surface area contributed by atoms with Crippen molar-refractivity contribution in [3.63, 3.8) is 0 Å². The Morgan fingerprint density at radius 3 is 2.53 bits per heavy atom. The number of carbonyl (C=O) groups is 4. The van der Waals surface area contributed by atoms with Gasteiger partial charge in [0.05, 0.1) is 11.1 Å². The van der Waals surface area contributed by atoms with Gasteiger partial charge in [-0.05, 0) is 35.7 Å². The zero-order valence-corrected chi connectivity index (χ0v) is 16.5. The fraction of sp³-hybridized carbons (Fsp3) is 0.273. The first-order valence-electron chi connectivity index (χ1n) is 9.80. The number of amides is 4. The molecule has 4 rings (SSSR count). The minimum atomic E-state index is -0.949. The number of fused-ring (bicyclic) bond motifs is 1. The maximum absolute atomic E-state index is 12.9. The van der Waals surface area contributed by atoms with Crippen molar-refractivity contribution < 1.29 is 19.2 Å². The van der Waals surface area contributed by atoms with E-state index < -0.39 is 23.8 Å². The molecule has 3 N–H and O–H groups in total. The number of hydrogen-bond donors (Lipinski definition) is 3. The Balaban J connectivity index is 1.47. The highest BCUT2D eigenvalue weighted by Crippen LogP contribution is 2.28. The highest BCUT2D eigenvalue weighted by Gasteiger charge is 2.44. The summed E-state index contributed by atoms with van der Waals surface area (Å²) in [4.78, 5) is 50.1. The van der Waals surface area contributed by atoms with E-state index in [1.165, 1.54) is 0 Å². The molecule has 30 heavy (non-hydrogen) atoms. The third kappa shape index (κ3) is 3.57. The van der Waals surface area contributed by atoms with Crippen LogP contribution in [0.15, 0.2) is 42.5 Å². The van der Waals surface area contributed by atoms with E-state index in [1.54, 1.807) is 18.2 Å². The maximum Gasteiger partial charge on any atom is 0.262 e. The Morgan fingerprint density at radius 1 is 1.00 bits per heavy atom. The monoisotopic (exact) mass is 406 g/mol. The minimum absolute atomic E-state index is 0.104. The minimum Gasteiger partial charge on any atom is -0.388 e. The SMILES string of the molecule is CNc1ccccc1CNCc1ccc2c(c1)C(=O)N(C1CCC(=O)NC1=O)C2=O. The van der Waals surface area contributed by atoms with E-state index in [2.05, 4.69) is 16.0 Å². The average molecular weight is 406 g/mol. The van der Waals surface area contributed by atoms with Crippen LogP contribution in [-0.4, -0.2) is 41.6 Å². The quantitative estimate of drug-likeness (QED) is 0.627. The number of rotatable bonds is 6. The molecule has 1 saturated heterocycles. The first-order chi connectivity index (χ1) is 14.5. The van der Waals surface area contributed by atoms with Gasteiger partial charge in [-0.1, -0.05) is 24.3 Å². The molecule has 2 aromatic rings. The van der Waals surface area contributed by atoms with E-state index in [4.69, 9.17) is 0 Å². The second-order valence-corrected chi connectivity index (χ2v) is 7.34. The number of anilines is 1. The lowest BCUT2D eigenvalue weighted by molar-refractivity contribution is -0.136. The molecule has 1 atom stereocenters. The standard InChI is InChI=1S/C22H22N4O4/c1-23-17-5-3-2-4-14(17)12-24-11-13-6-7-15-16(10-13)22(30)26(21(15)29)18-8-9-19(27)25-20(18)28/h2-7,10,18,23-24H,8-9,11-12H2,1H3,(H,25,27,28). The number of nitrogens with one attached hydrogen (secondary N) is 3. The van der Waals surface area contributed by atoms with Crippen molar-refractivity contribution in [3.8, 4) is 0 Å². The second-order valence-electron chi connectivity index (χ2n) is 7.34. The third-order valence-corrected chi connectivity index (χ3v) is 5.44. The fourth-order valence-electron chi connectivity index (χ4n) is 3.89. The molecule has 0 aliphatic carbocycles. The molecule has 2 heterocycles. The molecule has 8 heteroatoms. The van der Waals surface area contributed by atoms with Crippen molar-refractivity contribution in [1.82, 2.24) is 15.5 Å². The summed E-state index contributed by atoms with van der Waals surface area (Å²) in [6.45, 7) is 1.16. The van der Waals surface area contributed by atoms with Crippen LogP contribution in [-0.2, 0) is 22.7 Å². The van der Waals surface area contributed by atoms with Gasteiger partial charge < -0.3 is 10.6 Å². The van der Waals surface area contributed by atoms with Gasteiger partial charge in [0.2, 0.25) is 11.8 Å². The van der Waals surface area contributed by atoms with Gasteiger partial charge in [0.25, 0.3) is 11.8 Å². The fourth-order valence-corrected chi connectivity index (χ4v) is 3.89. The van der Waals surface area contributed by atoms with E-state index in [0.717, 1.165) is 21.7 Å². The van der Waals surface area contributed by atoms with Crippen LogP contribution >= 0.6 is 0 Å². The van der Waals surface area contributed by atoms with Gasteiger partial charge in [-0.15, -0.1) is 0 Å². The lowest BCUT2D eigenvalue weighted by Crippen LogP contribution is -2.54.